The summed E-state index contributed by atoms with van der Waals surface area (Å²) in [6.45, 7) is 8.14. The first-order valence-corrected chi connectivity index (χ1v) is 12.4. The fourth-order valence-electron chi connectivity index (χ4n) is 3.27. The first-order valence-electron chi connectivity index (χ1n) is 10.3. The molecule has 1 aromatic heterocycles. The molecule has 8 heteroatoms. The molecule has 1 N–H and O–H groups in total. The van der Waals surface area contributed by atoms with Crippen molar-refractivity contribution >= 4 is 40.8 Å². The van der Waals surface area contributed by atoms with Gasteiger partial charge in [-0.05, 0) is 63.4 Å². The average molecular weight is 456 g/mol. The largest absolute Gasteiger partial charge is 0.372 e. The van der Waals surface area contributed by atoms with E-state index in [0.717, 1.165) is 35.1 Å². The second-order valence-corrected chi connectivity index (χ2v) is 9.19. The van der Waals surface area contributed by atoms with Gasteiger partial charge in [-0.3, -0.25) is 4.79 Å². The summed E-state index contributed by atoms with van der Waals surface area (Å²) in [7, 11) is 1.93. The summed E-state index contributed by atoms with van der Waals surface area (Å²) < 4.78 is 1.94. The minimum absolute atomic E-state index is 0.0559. The molecule has 0 aliphatic heterocycles. The predicted octanol–water partition coefficient (Wildman–Crippen LogP) is 5.17. The van der Waals surface area contributed by atoms with Crippen LogP contribution < -0.4 is 10.2 Å². The monoisotopic (exact) mass is 455 g/mol. The van der Waals surface area contributed by atoms with Crippen LogP contribution in [0.3, 0.4) is 0 Å². The number of para-hydroxylation sites is 1. The van der Waals surface area contributed by atoms with E-state index in [1.165, 1.54) is 17.4 Å². The van der Waals surface area contributed by atoms with E-state index >= 15 is 0 Å². The van der Waals surface area contributed by atoms with Gasteiger partial charge < -0.3 is 14.8 Å². The molecule has 31 heavy (non-hydrogen) atoms. The van der Waals surface area contributed by atoms with Crippen LogP contribution in [-0.2, 0) is 11.8 Å². The molecule has 1 unspecified atom stereocenters. The number of amides is 1. The highest BCUT2D eigenvalue weighted by molar-refractivity contribution is 8.00. The van der Waals surface area contributed by atoms with Crippen molar-refractivity contribution in [1.82, 2.24) is 14.8 Å². The number of benzene rings is 2. The molecule has 0 spiro atoms. The van der Waals surface area contributed by atoms with Crippen molar-refractivity contribution in [1.29, 1.82) is 0 Å². The molecule has 1 atom stereocenters. The van der Waals surface area contributed by atoms with Gasteiger partial charge in [0.1, 0.15) is 0 Å². The van der Waals surface area contributed by atoms with E-state index in [2.05, 4.69) is 58.5 Å². The number of carbonyl (C=O) groups is 1. The van der Waals surface area contributed by atoms with Crippen LogP contribution in [0.5, 0.6) is 0 Å². The predicted molar refractivity (Wildman–Crippen MR) is 132 cm³/mol. The van der Waals surface area contributed by atoms with Crippen molar-refractivity contribution in [3.63, 3.8) is 0 Å². The summed E-state index contributed by atoms with van der Waals surface area (Å²) in [6.07, 6.45) is 2.00. The molecule has 6 nitrogen and oxygen atoms in total. The molecular formula is C23H29N5OS2. The highest BCUT2D eigenvalue weighted by atomic mass is 32.2. The van der Waals surface area contributed by atoms with E-state index in [-0.39, 0.29) is 11.2 Å². The first-order chi connectivity index (χ1) is 15.0. The first kappa shape index (κ1) is 23.2. The summed E-state index contributed by atoms with van der Waals surface area (Å²) in [4.78, 5) is 16.1. The minimum atomic E-state index is -0.310. The molecule has 0 saturated carbocycles. The summed E-state index contributed by atoms with van der Waals surface area (Å²) >= 11 is 3.02. The number of aromatic nitrogens is 3. The van der Waals surface area contributed by atoms with Crippen LogP contribution in [-0.4, -0.2) is 45.3 Å². The van der Waals surface area contributed by atoms with Gasteiger partial charge in [-0.25, -0.2) is 0 Å². The SMILES string of the molecule is CCN(CC)c1ccc(-c2nnc(SC(C)C(=O)Nc3ccccc3SC)n2C)cc1. The third-order valence-corrected chi connectivity index (χ3v) is 7.04. The third-order valence-electron chi connectivity index (χ3n) is 5.11. The second kappa shape index (κ2) is 10.7. The van der Waals surface area contributed by atoms with Crippen LogP contribution >= 0.6 is 23.5 Å². The minimum Gasteiger partial charge on any atom is -0.372 e. The zero-order chi connectivity index (χ0) is 22.4. The zero-order valence-electron chi connectivity index (χ0n) is 18.6. The Hall–Kier alpha value is -2.45. The Bertz CT molecular complexity index is 1020. The molecule has 1 heterocycles. The van der Waals surface area contributed by atoms with Crippen molar-refractivity contribution in [2.24, 2.45) is 7.05 Å². The van der Waals surface area contributed by atoms with Crippen molar-refractivity contribution in [3.8, 4) is 11.4 Å². The van der Waals surface area contributed by atoms with E-state index in [1.54, 1.807) is 11.8 Å². The van der Waals surface area contributed by atoms with Crippen molar-refractivity contribution < 1.29 is 4.79 Å². The van der Waals surface area contributed by atoms with Gasteiger partial charge in [-0.2, -0.15) is 0 Å². The summed E-state index contributed by atoms with van der Waals surface area (Å²) in [5.41, 5.74) is 3.03. The Labute approximate surface area is 192 Å². The van der Waals surface area contributed by atoms with Crippen molar-refractivity contribution in [3.05, 3.63) is 48.5 Å². The van der Waals surface area contributed by atoms with Crippen LogP contribution in [0.2, 0.25) is 0 Å². The summed E-state index contributed by atoms with van der Waals surface area (Å²) in [6, 6.07) is 16.2. The number of hydrogen-bond acceptors (Lipinski definition) is 6. The van der Waals surface area contributed by atoms with Crippen molar-refractivity contribution in [2.75, 3.05) is 29.6 Å². The van der Waals surface area contributed by atoms with Gasteiger partial charge in [0, 0.05) is 36.3 Å². The maximum Gasteiger partial charge on any atom is 0.237 e. The number of nitrogens with one attached hydrogen (secondary N) is 1. The van der Waals surface area contributed by atoms with E-state index in [9.17, 15) is 4.79 Å². The third kappa shape index (κ3) is 5.43. The molecule has 164 valence electrons. The fourth-order valence-corrected chi connectivity index (χ4v) is 4.64. The Morgan fingerprint density at radius 3 is 2.42 bits per heavy atom. The normalized spacial score (nSPS) is 11.9. The molecule has 0 fully saturated rings. The quantitative estimate of drug-likeness (QED) is 0.449. The standard InChI is InChI=1S/C23H29N5OS2/c1-6-28(7-2)18-14-12-17(13-15-18)21-25-26-23(27(21)4)31-16(3)22(29)24-19-10-8-9-11-20(19)30-5/h8-16H,6-7H2,1-5H3,(H,24,29). The Kier molecular flexibility index (Phi) is 8.03. The van der Waals surface area contributed by atoms with Crippen LogP contribution in [0.4, 0.5) is 11.4 Å². The lowest BCUT2D eigenvalue weighted by Crippen LogP contribution is -2.23. The average Bonchev–Trinajstić information content (AvgIpc) is 3.15. The van der Waals surface area contributed by atoms with Gasteiger partial charge in [-0.1, -0.05) is 23.9 Å². The van der Waals surface area contributed by atoms with E-state index in [4.69, 9.17) is 0 Å². The number of nitrogens with zero attached hydrogens (tertiary/aromatic N) is 4. The molecule has 3 aromatic rings. The Balaban J connectivity index is 1.70. The lowest BCUT2D eigenvalue weighted by molar-refractivity contribution is -0.115. The number of thioether (sulfide) groups is 2. The smallest absolute Gasteiger partial charge is 0.237 e. The van der Waals surface area contributed by atoms with E-state index in [0.29, 0.717) is 5.16 Å². The van der Waals surface area contributed by atoms with Gasteiger partial charge in [0.2, 0.25) is 5.91 Å². The lowest BCUT2D eigenvalue weighted by atomic mass is 10.2. The maximum absolute atomic E-state index is 12.7. The fraction of sp³-hybridized carbons (Fsp3) is 0.348. The summed E-state index contributed by atoms with van der Waals surface area (Å²) in [5, 5.41) is 12.1. The highest BCUT2D eigenvalue weighted by Crippen LogP contribution is 2.29. The Morgan fingerprint density at radius 2 is 1.77 bits per heavy atom. The second-order valence-electron chi connectivity index (χ2n) is 7.03. The van der Waals surface area contributed by atoms with Gasteiger partial charge in [-0.15, -0.1) is 22.0 Å². The van der Waals surface area contributed by atoms with Crippen molar-refractivity contribution in [2.45, 2.75) is 36.1 Å². The van der Waals surface area contributed by atoms with Gasteiger partial charge in [0.25, 0.3) is 0 Å². The molecule has 0 radical (unpaired) electrons. The number of hydrogen-bond donors (Lipinski definition) is 1. The van der Waals surface area contributed by atoms with Crippen LogP contribution in [0.1, 0.15) is 20.8 Å². The van der Waals surface area contributed by atoms with Crippen LogP contribution in [0.25, 0.3) is 11.4 Å². The summed E-state index contributed by atoms with van der Waals surface area (Å²) in [5.74, 6) is 0.730. The topological polar surface area (TPSA) is 63.1 Å². The van der Waals surface area contributed by atoms with E-state index in [1.807, 2.05) is 49.1 Å². The lowest BCUT2D eigenvalue weighted by Gasteiger charge is -2.21. The highest BCUT2D eigenvalue weighted by Gasteiger charge is 2.20. The molecule has 3 rings (SSSR count). The zero-order valence-corrected chi connectivity index (χ0v) is 20.3. The van der Waals surface area contributed by atoms with E-state index < -0.39 is 0 Å². The molecule has 1 amide bonds. The Morgan fingerprint density at radius 1 is 1.10 bits per heavy atom. The van der Waals surface area contributed by atoms with Crippen LogP contribution in [0, 0.1) is 0 Å². The molecule has 0 aliphatic rings. The number of rotatable bonds is 9. The molecule has 0 saturated heterocycles. The molecule has 0 bridgehead atoms. The van der Waals surface area contributed by atoms with Gasteiger partial charge >= 0.3 is 0 Å². The van der Waals surface area contributed by atoms with Crippen LogP contribution in [0.15, 0.2) is 58.6 Å². The maximum atomic E-state index is 12.7. The number of carbonyl (C=O) groups excluding carboxylic acids is 1. The number of anilines is 2. The molecular weight excluding hydrogens is 426 g/mol. The molecule has 0 aliphatic carbocycles. The van der Waals surface area contributed by atoms with Gasteiger partial charge in [0.05, 0.1) is 10.9 Å². The molecule has 2 aromatic carbocycles. The van der Waals surface area contributed by atoms with Gasteiger partial charge in [0.15, 0.2) is 11.0 Å².